The van der Waals surface area contributed by atoms with Crippen LogP contribution in [0, 0.1) is 10.1 Å². The molecular weight excluding hydrogens is 273 g/mol. The first-order valence-electron chi connectivity index (χ1n) is 3.24. The maximum absolute atomic E-state index is 10.6. The summed E-state index contributed by atoms with van der Waals surface area (Å²) in [6.07, 6.45) is 0. The van der Waals surface area contributed by atoms with Crippen molar-refractivity contribution in [1.82, 2.24) is 0 Å². The molecule has 1 aromatic carbocycles. The zero-order valence-corrected chi connectivity index (χ0v) is 12.2. The van der Waals surface area contributed by atoms with Crippen molar-refractivity contribution in [2.75, 3.05) is 0 Å². The van der Waals surface area contributed by atoms with Gasteiger partial charge in [0.2, 0.25) is 0 Å². The van der Waals surface area contributed by atoms with E-state index in [9.17, 15) is 18.5 Å². The van der Waals surface area contributed by atoms with Crippen LogP contribution in [-0.4, -0.2) is 69.3 Å². The van der Waals surface area contributed by atoms with E-state index in [4.69, 9.17) is 16.2 Å². The van der Waals surface area contributed by atoms with Crippen molar-refractivity contribution in [2.24, 2.45) is 0 Å². The van der Waals surface area contributed by atoms with Crippen LogP contribution in [0.25, 0.3) is 0 Å². The van der Waals surface area contributed by atoms with Crippen LogP contribution in [0.1, 0.15) is 0 Å². The van der Waals surface area contributed by atoms with Crippen LogP contribution in [-0.2, 0) is 10.1 Å². The first-order valence-corrected chi connectivity index (χ1v) is 5.05. The van der Waals surface area contributed by atoms with Crippen molar-refractivity contribution in [3.8, 4) is 0 Å². The predicted molar refractivity (Wildman–Crippen MR) is 53.7 cm³/mol. The van der Waals surface area contributed by atoms with Gasteiger partial charge in [0, 0.05) is 57.5 Å². The molecule has 15 heavy (non-hydrogen) atoms. The molecule has 1 aromatic rings. The zero-order valence-electron chi connectivity index (χ0n) is 7.55. The first-order chi connectivity index (χ1) is 6.32. The predicted octanol–water partition coefficient (Wildman–Crippen LogP) is 1.11. The fourth-order valence-corrected chi connectivity index (χ4v) is 1.48. The van der Waals surface area contributed by atoms with Crippen LogP contribution in [0.15, 0.2) is 23.1 Å². The summed E-state index contributed by atoms with van der Waals surface area (Å²) >= 11 is 5.42. The van der Waals surface area contributed by atoms with E-state index in [2.05, 4.69) is 0 Å². The smallest absolute Gasteiger partial charge is 0.282 e. The number of hydrogen-bond donors (Lipinski definition) is 1. The minimum atomic E-state index is -4.44. The van der Waals surface area contributed by atoms with Crippen molar-refractivity contribution in [3.05, 3.63) is 33.3 Å². The molecule has 1 N–H and O–H groups in total. The number of benzene rings is 1. The van der Waals surface area contributed by atoms with Crippen LogP contribution in [0.5, 0.6) is 0 Å². The van der Waals surface area contributed by atoms with Gasteiger partial charge in [-0.1, -0.05) is 11.6 Å². The number of rotatable bonds is 2. The Morgan fingerprint density at radius 1 is 1.40 bits per heavy atom. The van der Waals surface area contributed by atoms with E-state index < -0.39 is 25.6 Å². The van der Waals surface area contributed by atoms with Gasteiger partial charge in [-0.3, -0.25) is 14.7 Å². The summed E-state index contributed by atoms with van der Waals surface area (Å²) in [5.74, 6) is 0. The maximum Gasteiger partial charge on any atom is 0.294 e. The largest absolute Gasteiger partial charge is 0.294 e. The molecule has 0 atom stereocenters. The molecule has 0 aliphatic rings. The molecule has 1 radical (unpaired) electrons. The zero-order chi connectivity index (χ0) is 10.9. The quantitative estimate of drug-likeness (QED) is 0.378. The summed E-state index contributed by atoms with van der Waals surface area (Å²) in [5, 5.41) is 10.2. The molecule has 0 bridgehead atoms. The minimum absolute atomic E-state index is 0. The van der Waals surface area contributed by atoms with E-state index >= 15 is 0 Å². The molecule has 77 valence electrons. The summed E-state index contributed by atoms with van der Waals surface area (Å²) in [6, 6.07) is 2.70. The van der Waals surface area contributed by atoms with E-state index in [1.807, 2.05) is 0 Å². The van der Waals surface area contributed by atoms with Gasteiger partial charge in [0.25, 0.3) is 15.8 Å². The second-order valence-corrected chi connectivity index (χ2v) is 4.17. The minimum Gasteiger partial charge on any atom is -0.282 e. The molecule has 6 nitrogen and oxygen atoms in total. The van der Waals surface area contributed by atoms with E-state index in [-0.39, 0.29) is 56.4 Å². The molecule has 0 unspecified atom stereocenters. The molecular formula is C6H4ClKNO5S. The molecule has 0 saturated heterocycles. The summed E-state index contributed by atoms with van der Waals surface area (Å²) in [7, 11) is -4.44. The molecule has 9 heteroatoms. The van der Waals surface area contributed by atoms with Crippen molar-refractivity contribution >= 4 is 78.8 Å². The molecule has 0 spiro atoms. The van der Waals surface area contributed by atoms with Crippen molar-refractivity contribution in [3.63, 3.8) is 0 Å². The van der Waals surface area contributed by atoms with Gasteiger partial charge in [-0.15, -0.1) is 0 Å². The molecule has 0 fully saturated rings. The second kappa shape index (κ2) is 5.69. The van der Waals surface area contributed by atoms with Gasteiger partial charge in [-0.25, -0.2) is 0 Å². The van der Waals surface area contributed by atoms with Crippen LogP contribution in [0.4, 0.5) is 5.69 Å². The molecule has 1 rings (SSSR count). The number of nitro benzene ring substituents is 1. The Balaban J connectivity index is 0.00000196. The van der Waals surface area contributed by atoms with Crippen molar-refractivity contribution in [1.29, 1.82) is 0 Å². The average molecular weight is 277 g/mol. The Hall–Kier alpha value is 0.456. The summed E-state index contributed by atoms with van der Waals surface area (Å²) in [6.45, 7) is 0. The Morgan fingerprint density at radius 3 is 2.33 bits per heavy atom. The first kappa shape index (κ1) is 15.5. The van der Waals surface area contributed by atoms with Crippen LogP contribution in [0.2, 0.25) is 5.02 Å². The standard InChI is InChI=1S/C6H4ClNO5S.K/c7-5-2-1-4(14(11,12)13)3-6(5)8(9)10;/h1-3H,(H,11,12,13);. The third-order valence-corrected chi connectivity index (χ3v) is 2.58. The van der Waals surface area contributed by atoms with E-state index in [0.717, 1.165) is 12.1 Å². The van der Waals surface area contributed by atoms with Gasteiger partial charge < -0.3 is 0 Å². The van der Waals surface area contributed by atoms with Crippen LogP contribution >= 0.6 is 11.6 Å². The topological polar surface area (TPSA) is 97.5 Å². The Labute approximate surface area is 133 Å². The molecule has 0 heterocycles. The maximum atomic E-state index is 10.6. The SMILES string of the molecule is O=[N+]([O-])c1cc(S(=O)(=O)O)ccc1Cl.[K]. The second-order valence-electron chi connectivity index (χ2n) is 2.35. The van der Waals surface area contributed by atoms with Crippen LogP contribution in [0.3, 0.4) is 0 Å². The third kappa shape index (κ3) is 4.08. The number of halogens is 1. The van der Waals surface area contributed by atoms with Gasteiger partial charge >= 0.3 is 0 Å². The van der Waals surface area contributed by atoms with Crippen molar-refractivity contribution in [2.45, 2.75) is 4.90 Å². The summed E-state index contributed by atoms with van der Waals surface area (Å²) in [4.78, 5) is 8.95. The molecule has 0 amide bonds. The monoisotopic (exact) mass is 276 g/mol. The average Bonchev–Trinajstić information content (AvgIpc) is 2.02. The number of nitrogens with zero attached hydrogens (tertiary/aromatic N) is 1. The summed E-state index contributed by atoms with van der Waals surface area (Å²) in [5.41, 5.74) is -0.568. The Kier molecular flexibility index (Phi) is 5.86. The van der Waals surface area contributed by atoms with E-state index in [1.165, 1.54) is 0 Å². The van der Waals surface area contributed by atoms with Gasteiger partial charge in [-0.05, 0) is 12.1 Å². The number of hydrogen-bond acceptors (Lipinski definition) is 4. The molecule has 0 aliphatic heterocycles. The third-order valence-electron chi connectivity index (χ3n) is 1.41. The fraction of sp³-hybridized carbons (Fsp3) is 0. The Morgan fingerprint density at radius 2 is 1.93 bits per heavy atom. The van der Waals surface area contributed by atoms with E-state index in [1.54, 1.807) is 0 Å². The van der Waals surface area contributed by atoms with Gasteiger partial charge in [-0.2, -0.15) is 8.42 Å². The van der Waals surface area contributed by atoms with Crippen molar-refractivity contribution < 1.29 is 17.9 Å². The van der Waals surface area contributed by atoms with E-state index in [0.29, 0.717) is 6.07 Å². The van der Waals surface area contributed by atoms with Crippen LogP contribution < -0.4 is 0 Å². The Bertz CT molecular complexity index is 488. The fourth-order valence-electron chi connectivity index (χ4n) is 0.793. The van der Waals surface area contributed by atoms with Gasteiger partial charge in [0.05, 0.1) is 4.92 Å². The number of nitro groups is 1. The molecule has 0 saturated carbocycles. The normalized spacial score (nSPS) is 10.5. The molecule has 0 aromatic heterocycles. The molecule has 0 aliphatic carbocycles. The van der Waals surface area contributed by atoms with Gasteiger partial charge in [0.1, 0.15) is 9.92 Å². The summed E-state index contributed by atoms with van der Waals surface area (Å²) < 4.78 is 29.8. The van der Waals surface area contributed by atoms with Gasteiger partial charge in [0.15, 0.2) is 0 Å².